The Labute approximate surface area is 115 Å². The van der Waals surface area contributed by atoms with E-state index in [4.69, 9.17) is 5.73 Å². The van der Waals surface area contributed by atoms with Gasteiger partial charge in [-0.1, -0.05) is 23.8 Å². The van der Waals surface area contributed by atoms with Crippen LogP contribution in [0.15, 0.2) is 24.8 Å². The number of nitrogens with one attached hydrogen (secondary N) is 1. The molecule has 3 nitrogen and oxygen atoms in total. The quantitative estimate of drug-likeness (QED) is 0.771. The number of amides is 1. The molecular formula is C16H24N2O. The summed E-state index contributed by atoms with van der Waals surface area (Å²) in [4.78, 5) is 11.8. The van der Waals surface area contributed by atoms with Crippen molar-refractivity contribution in [1.82, 2.24) is 5.32 Å². The summed E-state index contributed by atoms with van der Waals surface area (Å²) in [5.74, 6) is 0.0974. The smallest absolute Gasteiger partial charge is 0.220 e. The second-order valence-electron chi connectivity index (χ2n) is 5.04. The van der Waals surface area contributed by atoms with Crippen LogP contribution in [0, 0.1) is 20.8 Å². The monoisotopic (exact) mass is 260 g/mol. The van der Waals surface area contributed by atoms with E-state index in [9.17, 15) is 4.79 Å². The summed E-state index contributed by atoms with van der Waals surface area (Å²) < 4.78 is 0. The van der Waals surface area contributed by atoms with Gasteiger partial charge in [0, 0.05) is 18.9 Å². The van der Waals surface area contributed by atoms with Crippen LogP contribution in [0.25, 0.3) is 0 Å². The van der Waals surface area contributed by atoms with Gasteiger partial charge in [0.1, 0.15) is 0 Å². The number of rotatable bonds is 6. The van der Waals surface area contributed by atoms with Crippen molar-refractivity contribution in [3.8, 4) is 0 Å². The van der Waals surface area contributed by atoms with E-state index in [1.165, 1.54) is 22.3 Å². The van der Waals surface area contributed by atoms with E-state index in [1.54, 1.807) is 6.08 Å². The maximum absolute atomic E-state index is 11.8. The molecule has 0 bridgehead atoms. The third kappa shape index (κ3) is 4.21. The molecule has 3 heteroatoms. The van der Waals surface area contributed by atoms with Gasteiger partial charge in [0.15, 0.2) is 0 Å². The second kappa shape index (κ2) is 7.10. The maximum Gasteiger partial charge on any atom is 0.220 e. The van der Waals surface area contributed by atoms with Crippen molar-refractivity contribution in [1.29, 1.82) is 0 Å². The van der Waals surface area contributed by atoms with Gasteiger partial charge in [-0.25, -0.2) is 0 Å². The molecule has 1 unspecified atom stereocenters. The molecule has 1 atom stereocenters. The Morgan fingerprint density at radius 2 is 1.95 bits per heavy atom. The van der Waals surface area contributed by atoms with Crippen LogP contribution in [0.5, 0.6) is 0 Å². The van der Waals surface area contributed by atoms with Crippen molar-refractivity contribution in [2.75, 3.05) is 13.1 Å². The average molecular weight is 260 g/mol. The van der Waals surface area contributed by atoms with E-state index >= 15 is 0 Å². The molecule has 1 rings (SSSR count). The van der Waals surface area contributed by atoms with Crippen molar-refractivity contribution in [2.24, 2.45) is 5.73 Å². The molecule has 1 aromatic carbocycles. The molecule has 0 saturated carbocycles. The van der Waals surface area contributed by atoms with Crippen LogP contribution in [-0.2, 0) is 4.79 Å². The van der Waals surface area contributed by atoms with Crippen molar-refractivity contribution in [2.45, 2.75) is 33.1 Å². The lowest BCUT2D eigenvalue weighted by molar-refractivity contribution is -0.121. The lowest BCUT2D eigenvalue weighted by Gasteiger charge is -2.20. The fourth-order valence-electron chi connectivity index (χ4n) is 2.62. The summed E-state index contributed by atoms with van der Waals surface area (Å²) in [6.45, 7) is 10.8. The zero-order valence-electron chi connectivity index (χ0n) is 12.1. The first kappa shape index (κ1) is 15.4. The zero-order chi connectivity index (χ0) is 14.4. The minimum absolute atomic E-state index is 0.0229. The second-order valence-corrected chi connectivity index (χ2v) is 5.04. The molecule has 1 aromatic rings. The first-order valence-corrected chi connectivity index (χ1v) is 6.65. The van der Waals surface area contributed by atoms with E-state index < -0.39 is 0 Å². The van der Waals surface area contributed by atoms with Gasteiger partial charge in [0.2, 0.25) is 5.91 Å². The minimum Gasteiger partial charge on any atom is -0.353 e. The standard InChI is InChI=1S/C16H24N2O/c1-5-6-18-15(19)9-14(10-17)16-12(3)7-11(2)8-13(16)4/h5,7-8,14H,1,6,9-10,17H2,2-4H3,(H,18,19). The van der Waals surface area contributed by atoms with E-state index in [1.807, 2.05) is 0 Å². The Balaban J connectivity index is 2.91. The lowest BCUT2D eigenvalue weighted by Crippen LogP contribution is -2.28. The molecule has 0 radical (unpaired) electrons. The van der Waals surface area contributed by atoms with Gasteiger partial charge < -0.3 is 11.1 Å². The van der Waals surface area contributed by atoms with Crippen LogP contribution < -0.4 is 11.1 Å². The number of nitrogens with two attached hydrogens (primary N) is 1. The Bertz CT molecular complexity index is 443. The Morgan fingerprint density at radius 3 is 2.42 bits per heavy atom. The molecule has 0 saturated heterocycles. The van der Waals surface area contributed by atoms with Crippen LogP contribution in [0.2, 0.25) is 0 Å². The summed E-state index contributed by atoms with van der Waals surface area (Å²) in [5.41, 5.74) is 10.7. The van der Waals surface area contributed by atoms with Crippen molar-refractivity contribution < 1.29 is 4.79 Å². The third-order valence-electron chi connectivity index (χ3n) is 3.31. The molecule has 0 aliphatic heterocycles. The molecule has 0 aliphatic rings. The van der Waals surface area contributed by atoms with E-state index in [0.717, 1.165) is 0 Å². The van der Waals surface area contributed by atoms with Gasteiger partial charge in [0.05, 0.1) is 0 Å². The van der Waals surface area contributed by atoms with Crippen LogP contribution in [0.1, 0.15) is 34.6 Å². The molecule has 0 fully saturated rings. The molecule has 0 heterocycles. The Morgan fingerprint density at radius 1 is 1.37 bits per heavy atom. The van der Waals surface area contributed by atoms with Gasteiger partial charge in [0.25, 0.3) is 0 Å². The Hall–Kier alpha value is -1.61. The number of benzene rings is 1. The summed E-state index contributed by atoms with van der Waals surface area (Å²) >= 11 is 0. The summed E-state index contributed by atoms with van der Waals surface area (Å²) in [6, 6.07) is 4.29. The minimum atomic E-state index is 0.0229. The summed E-state index contributed by atoms with van der Waals surface area (Å²) in [5, 5.41) is 2.80. The summed E-state index contributed by atoms with van der Waals surface area (Å²) in [6.07, 6.45) is 2.10. The van der Waals surface area contributed by atoms with E-state index in [-0.39, 0.29) is 11.8 Å². The highest BCUT2D eigenvalue weighted by molar-refractivity contribution is 5.77. The number of hydrogen-bond acceptors (Lipinski definition) is 2. The molecule has 1 amide bonds. The molecule has 0 aliphatic carbocycles. The number of hydrogen-bond donors (Lipinski definition) is 2. The van der Waals surface area contributed by atoms with E-state index in [2.05, 4.69) is 44.8 Å². The highest BCUT2D eigenvalue weighted by atomic mass is 16.1. The topological polar surface area (TPSA) is 55.1 Å². The SMILES string of the molecule is C=CCNC(=O)CC(CN)c1c(C)cc(C)cc1C. The van der Waals surface area contributed by atoms with E-state index in [0.29, 0.717) is 19.5 Å². The van der Waals surface area contributed by atoms with Crippen LogP contribution in [-0.4, -0.2) is 19.0 Å². The lowest BCUT2D eigenvalue weighted by atomic mass is 9.87. The molecular weight excluding hydrogens is 236 g/mol. The molecule has 3 N–H and O–H groups in total. The van der Waals surface area contributed by atoms with Gasteiger partial charge in [-0.05, 0) is 44.0 Å². The molecule has 0 aromatic heterocycles. The molecule has 19 heavy (non-hydrogen) atoms. The fraction of sp³-hybridized carbons (Fsp3) is 0.438. The number of carbonyl (C=O) groups is 1. The van der Waals surface area contributed by atoms with Gasteiger partial charge in [-0.15, -0.1) is 6.58 Å². The molecule has 0 spiro atoms. The molecule has 104 valence electrons. The van der Waals surface area contributed by atoms with Crippen molar-refractivity contribution in [3.05, 3.63) is 47.0 Å². The van der Waals surface area contributed by atoms with Gasteiger partial charge in [-0.2, -0.15) is 0 Å². The van der Waals surface area contributed by atoms with Crippen LogP contribution in [0.3, 0.4) is 0 Å². The summed E-state index contributed by atoms with van der Waals surface area (Å²) in [7, 11) is 0. The number of carbonyl (C=O) groups excluding carboxylic acids is 1. The first-order chi connectivity index (χ1) is 8.99. The third-order valence-corrected chi connectivity index (χ3v) is 3.31. The average Bonchev–Trinajstić information content (AvgIpc) is 2.33. The highest BCUT2D eigenvalue weighted by Gasteiger charge is 2.18. The maximum atomic E-state index is 11.8. The van der Waals surface area contributed by atoms with Gasteiger partial charge in [-0.3, -0.25) is 4.79 Å². The van der Waals surface area contributed by atoms with Crippen molar-refractivity contribution >= 4 is 5.91 Å². The van der Waals surface area contributed by atoms with Crippen LogP contribution in [0.4, 0.5) is 0 Å². The largest absolute Gasteiger partial charge is 0.353 e. The van der Waals surface area contributed by atoms with Crippen molar-refractivity contribution in [3.63, 3.8) is 0 Å². The predicted molar refractivity (Wildman–Crippen MR) is 80.3 cm³/mol. The van der Waals surface area contributed by atoms with Crippen LogP contribution >= 0.6 is 0 Å². The van der Waals surface area contributed by atoms with Gasteiger partial charge >= 0.3 is 0 Å². The fourth-order valence-corrected chi connectivity index (χ4v) is 2.62. The first-order valence-electron chi connectivity index (χ1n) is 6.65. The normalized spacial score (nSPS) is 12.0. The number of aryl methyl sites for hydroxylation is 3. The highest BCUT2D eigenvalue weighted by Crippen LogP contribution is 2.27. The zero-order valence-corrected chi connectivity index (χ0v) is 12.1. The Kier molecular flexibility index (Phi) is 5.77. The predicted octanol–water partition coefficient (Wildman–Crippen LogP) is 2.35.